The molecule has 2 atom stereocenters. The third kappa shape index (κ3) is 2.52. The molecule has 1 aromatic heterocycles. The summed E-state index contributed by atoms with van der Waals surface area (Å²) in [6.07, 6.45) is 1.34. The second kappa shape index (κ2) is 5.28. The van der Waals surface area contributed by atoms with E-state index in [1.165, 1.54) is 11.3 Å². The summed E-state index contributed by atoms with van der Waals surface area (Å²) in [6, 6.07) is 1.74. The van der Waals surface area contributed by atoms with Gasteiger partial charge < -0.3 is 10.0 Å². The fourth-order valence-corrected chi connectivity index (χ4v) is 3.26. The van der Waals surface area contributed by atoms with Crippen LogP contribution < -0.4 is 0 Å². The van der Waals surface area contributed by atoms with Crippen LogP contribution in [0.4, 0.5) is 0 Å². The number of likely N-dealkylation sites (tertiary alicyclic amines) is 1. The Balaban J connectivity index is 2.18. The van der Waals surface area contributed by atoms with Crippen LogP contribution in [0, 0.1) is 5.92 Å². The number of carbonyl (C=O) groups excluding carboxylic acids is 1. The van der Waals surface area contributed by atoms with Gasteiger partial charge in [0.1, 0.15) is 4.88 Å². The largest absolute Gasteiger partial charge is 0.481 e. The number of nitrogens with zero attached hydrogens (tertiary/aromatic N) is 1. The SMILES string of the molecule is CC1CCC(C(=O)O)CN1C(=O)c1sccc1Cl. The number of hydrogen-bond donors (Lipinski definition) is 1. The highest BCUT2D eigenvalue weighted by Crippen LogP contribution is 2.28. The summed E-state index contributed by atoms with van der Waals surface area (Å²) in [7, 11) is 0. The molecule has 2 unspecified atom stereocenters. The molecular formula is C12H14ClNO3S. The van der Waals surface area contributed by atoms with Crippen molar-refractivity contribution in [2.24, 2.45) is 5.92 Å². The van der Waals surface area contributed by atoms with Crippen molar-refractivity contribution in [1.82, 2.24) is 4.90 Å². The van der Waals surface area contributed by atoms with Crippen LogP contribution in [0.5, 0.6) is 0 Å². The number of rotatable bonds is 2. The van der Waals surface area contributed by atoms with E-state index in [2.05, 4.69) is 0 Å². The molecule has 1 aromatic rings. The van der Waals surface area contributed by atoms with Crippen LogP contribution in [0.1, 0.15) is 29.4 Å². The van der Waals surface area contributed by atoms with Crippen LogP contribution in [0.2, 0.25) is 5.02 Å². The summed E-state index contributed by atoms with van der Waals surface area (Å²) < 4.78 is 0. The number of amides is 1. The number of aliphatic carboxylic acids is 1. The second-order valence-corrected chi connectivity index (χ2v) is 5.84. The van der Waals surface area contributed by atoms with E-state index in [4.69, 9.17) is 16.7 Å². The van der Waals surface area contributed by atoms with Crippen LogP contribution in [0.25, 0.3) is 0 Å². The number of piperidine rings is 1. The predicted octanol–water partition coefficient (Wildman–Crippen LogP) is 2.73. The molecule has 6 heteroatoms. The van der Waals surface area contributed by atoms with Crippen molar-refractivity contribution < 1.29 is 14.7 Å². The van der Waals surface area contributed by atoms with Crippen LogP contribution in [-0.2, 0) is 4.79 Å². The Bertz CT molecular complexity index is 474. The molecule has 0 saturated carbocycles. The van der Waals surface area contributed by atoms with Gasteiger partial charge in [0.05, 0.1) is 10.9 Å². The molecule has 1 fully saturated rings. The van der Waals surface area contributed by atoms with Gasteiger partial charge in [0.25, 0.3) is 5.91 Å². The highest BCUT2D eigenvalue weighted by atomic mass is 35.5. The lowest BCUT2D eigenvalue weighted by Crippen LogP contribution is -2.47. The highest BCUT2D eigenvalue weighted by molar-refractivity contribution is 7.12. The first-order chi connectivity index (χ1) is 8.50. The standard InChI is InChI=1S/C12H14ClNO3S/c1-7-2-3-8(12(16)17)6-14(7)11(15)10-9(13)4-5-18-10/h4-5,7-8H,2-3,6H2,1H3,(H,16,17). The zero-order valence-electron chi connectivity index (χ0n) is 9.93. The van der Waals surface area contributed by atoms with E-state index >= 15 is 0 Å². The lowest BCUT2D eigenvalue weighted by molar-refractivity contribution is -0.143. The topological polar surface area (TPSA) is 57.6 Å². The van der Waals surface area contributed by atoms with Gasteiger partial charge in [-0.25, -0.2) is 0 Å². The molecule has 1 aliphatic heterocycles. The number of carbonyl (C=O) groups is 2. The molecule has 1 saturated heterocycles. The van der Waals surface area contributed by atoms with E-state index in [0.29, 0.717) is 22.7 Å². The van der Waals surface area contributed by atoms with E-state index in [0.717, 1.165) is 0 Å². The average molecular weight is 288 g/mol. The molecule has 1 amide bonds. The molecule has 1 aliphatic rings. The van der Waals surface area contributed by atoms with Crippen molar-refractivity contribution in [1.29, 1.82) is 0 Å². The van der Waals surface area contributed by atoms with Crippen molar-refractivity contribution in [2.45, 2.75) is 25.8 Å². The van der Waals surface area contributed by atoms with Gasteiger partial charge in [-0.05, 0) is 31.2 Å². The van der Waals surface area contributed by atoms with Gasteiger partial charge in [-0.3, -0.25) is 9.59 Å². The van der Waals surface area contributed by atoms with Gasteiger partial charge in [-0.2, -0.15) is 0 Å². The molecule has 1 N–H and O–H groups in total. The summed E-state index contributed by atoms with van der Waals surface area (Å²) in [6.45, 7) is 2.21. The zero-order chi connectivity index (χ0) is 13.3. The first-order valence-corrected chi connectivity index (χ1v) is 7.03. The van der Waals surface area contributed by atoms with Crippen molar-refractivity contribution in [3.63, 3.8) is 0 Å². The van der Waals surface area contributed by atoms with E-state index in [1.807, 2.05) is 6.92 Å². The molecule has 0 aromatic carbocycles. The molecule has 98 valence electrons. The lowest BCUT2D eigenvalue weighted by atomic mass is 9.93. The van der Waals surface area contributed by atoms with Gasteiger partial charge in [0, 0.05) is 12.6 Å². The maximum Gasteiger partial charge on any atom is 0.308 e. The molecule has 0 spiro atoms. The smallest absolute Gasteiger partial charge is 0.308 e. The molecule has 4 nitrogen and oxygen atoms in total. The third-order valence-electron chi connectivity index (χ3n) is 3.30. The van der Waals surface area contributed by atoms with Crippen LogP contribution in [0.15, 0.2) is 11.4 Å². The van der Waals surface area contributed by atoms with Crippen molar-refractivity contribution in [3.8, 4) is 0 Å². The minimum atomic E-state index is -0.836. The van der Waals surface area contributed by atoms with Crippen molar-refractivity contribution >= 4 is 34.8 Å². The maximum absolute atomic E-state index is 12.3. The molecular weight excluding hydrogens is 274 g/mol. The number of hydrogen-bond acceptors (Lipinski definition) is 3. The van der Waals surface area contributed by atoms with Crippen LogP contribution in [0.3, 0.4) is 0 Å². The van der Waals surface area contributed by atoms with E-state index in [1.54, 1.807) is 16.3 Å². The fraction of sp³-hybridized carbons (Fsp3) is 0.500. The van der Waals surface area contributed by atoms with Crippen molar-refractivity contribution in [3.05, 3.63) is 21.3 Å². The monoisotopic (exact) mass is 287 g/mol. The summed E-state index contributed by atoms with van der Waals surface area (Å²) in [5.74, 6) is -1.46. The van der Waals surface area contributed by atoms with Gasteiger partial charge in [-0.15, -0.1) is 11.3 Å². The predicted molar refractivity (Wildman–Crippen MR) is 70.2 cm³/mol. The molecule has 0 radical (unpaired) electrons. The number of halogens is 1. The number of carboxylic acids is 1. The third-order valence-corrected chi connectivity index (χ3v) is 4.63. The molecule has 0 aliphatic carbocycles. The second-order valence-electron chi connectivity index (χ2n) is 4.52. The Hall–Kier alpha value is -1.07. The Kier molecular flexibility index (Phi) is 3.92. The normalized spacial score (nSPS) is 24.0. The summed E-state index contributed by atoms with van der Waals surface area (Å²) in [5.41, 5.74) is 0. The fourth-order valence-electron chi connectivity index (χ4n) is 2.17. The Morgan fingerprint density at radius 3 is 2.78 bits per heavy atom. The number of carboxylic acid groups (broad SMARTS) is 1. The van der Waals surface area contributed by atoms with E-state index < -0.39 is 11.9 Å². The lowest BCUT2D eigenvalue weighted by Gasteiger charge is -2.36. The first-order valence-electron chi connectivity index (χ1n) is 5.77. The minimum Gasteiger partial charge on any atom is -0.481 e. The molecule has 2 rings (SSSR count). The summed E-state index contributed by atoms with van der Waals surface area (Å²) in [4.78, 5) is 25.5. The minimum absolute atomic E-state index is 0.0614. The molecule has 0 bridgehead atoms. The maximum atomic E-state index is 12.3. The van der Waals surface area contributed by atoms with Crippen molar-refractivity contribution in [2.75, 3.05) is 6.54 Å². The van der Waals surface area contributed by atoms with Crippen LogP contribution >= 0.6 is 22.9 Å². The molecule has 2 heterocycles. The Morgan fingerprint density at radius 2 is 2.22 bits per heavy atom. The summed E-state index contributed by atoms with van der Waals surface area (Å²) in [5, 5.41) is 11.3. The first kappa shape index (κ1) is 13.4. The van der Waals surface area contributed by atoms with E-state index in [-0.39, 0.29) is 18.5 Å². The van der Waals surface area contributed by atoms with Gasteiger partial charge >= 0.3 is 5.97 Å². The van der Waals surface area contributed by atoms with Crippen LogP contribution in [-0.4, -0.2) is 34.5 Å². The molecule has 18 heavy (non-hydrogen) atoms. The highest BCUT2D eigenvalue weighted by Gasteiger charge is 2.33. The zero-order valence-corrected chi connectivity index (χ0v) is 11.5. The average Bonchev–Trinajstić information content (AvgIpc) is 2.75. The number of thiophene rings is 1. The van der Waals surface area contributed by atoms with E-state index in [9.17, 15) is 9.59 Å². The Morgan fingerprint density at radius 1 is 1.50 bits per heavy atom. The Labute approximate surface area is 114 Å². The quantitative estimate of drug-likeness (QED) is 0.910. The van der Waals surface area contributed by atoms with Gasteiger partial charge in [-0.1, -0.05) is 11.6 Å². The van der Waals surface area contributed by atoms with Gasteiger partial charge in [0.2, 0.25) is 0 Å². The summed E-state index contributed by atoms with van der Waals surface area (Å²) >= 11 is 7.24. The van der Waals surface area contributed by atoms with Gasteiger partial charge in [0.15, 0.2) is 0 Å².